The molecule has 0 aromatic carbocycles. The number of carbonyl (C=O) groups excluding carboxylic acids is 1. The third-order valence-electron chi connectivity index (χ3n) is 2.79. The molecule has 0 aliphatic heterocycles. The van der Waals surface area contributed by atoms with Crippen molar-refractivity contribution in [3.05, 3.63) is 22.8 Å². The molecule has 0 saturated carbocycles. The molecule has 5 heteroatoms. The zero-order valence-electron chi connectivity index (χ0n) is 12.0. The molecular formula is C14H22ClN3O. The third-order valence-corrected chi connectivity index (χ3v) is 3.09. The zero-order valence-corrected chi connectivity index (χ0v) is 12.8. The van der Waals surface area contributed by atoms with Crippen LogP contribution < -0.4 is 5.32 Å². The standard InChI is InChI=1S/C14H22ClN3O/c1-5-7-18(10(3)4)14(19)11-8-13(16-6-2)17-9-12(11)15/h8-10H,5-7H2,1-4H3,(H,16,17). The molecule has 1 aromatic heterocycles. The van der Waals surface area contributed by atoms with E-state index < -0.39 is 0 Å². The molecule has 0 radical (unpaired) electrons. The first-order valence-corrected chi connectivity index (χ1v) is 7.09. The highest BCUT2D eigenvalue weighted by atomic mass is 35.5. The van der Waals surface area contributed by atoms with Crippen LogP contribution in [0.1, 0.15) is 44.5 Å². The molecule has 19 heavy (non-hydrogen) atoms. The van der Waals surface area contributed by atoms with E-state index in [-0.39, 0.29) is 11.9 Å². The number of halogens is 1. The summed E-state index contributed by atoms with van der Waals surface area (Å²) in [5.41, 5.74) is 0.509. The van der Waals surface area contributed by atoms with Gasteiger partial charge in [0, 0.05) is 25.3 Å². The number of nitrogens with zero attached hydrogens (tertiary/aromatic N) is 2. The van der Waals surface area contributed by atoms with Gasteiger partial charge in [-0.2, -0.15) is 0 Å². The fraction of sp³-hybridized carbons (Fsp3) is 0.571. The molecule has 4 nitrogen and oxygen atoms in total. The van der Waals surface area contributed by atoms with Crippen molar-refractivity contribution in [3.8, 4) is 0 Å². The Kier molecular flexibility index (Phi) is 6.09. The van der Waals surface area contributed by atoms with Crippen molar-refractivity contribution in [1.29, 1.82) is 0 Å². The molecule has 0 fully saturated rings. The maximum absolute atomic E-state index is 12.5. The van der Waals surface area contributed by atoms with E-state index in [1.807, 2.05) is 25.7 Å². The molecular weight excluding hydrogens is 262 g/mol. The van der Waals surface area contributed by atoms with Crippen molar-refractivity contribution >= 4 is 23.3 Å². The van der Waals surface area contributed by atoms with Crippen LogP contribution >= 0.6 is 11.6 Å². The summed E-state index contributed by atoms with van der Waals surface area (Å²) in [5, 5.41) is 3.49. The second kappa shape index (κ2) is 7.34. The zero-order chi connectivity index (χ0) is 14.4. The minimum absolute atomic E-state index is 0.0385. The van der Waals surface area contributed by atoms with Gasteiger partial charge in [0.25, 0.3) is 5.91 Å². The second-order valence-corrected chi connectivity index (χ2v) is 5.08. The van der Waals surface area contributed by atoms with Gasteiger partial charge in [-0.3, -0.25) is 4.79 Å². The van der Waals surface area contributed by atoms with Crippen LogP contribution in [0.5, 0.6) is 0 Å². The Morgan fingerprint density at radius 1 is 1.47 bits per heavy atom. The van der Waals surface area contributed by atoms with Crippen LogP contribution in [0.2, 0.25) is 5.02 Å². The lowest BCUT2D eigenvalue weighted by Gasteiger charge is -2.26. The Morgan fingerprint density at radius 3 is 2.68 bits per heavy atom. The first kappa shape index (κ1) is 15.8. The van der Waals surface area contributed by atoms with Crippen molar-refractivity contribution in [1.82, 2.24) is 9.88 Å². The fourth-order valence-electron chi connectivity index (χ4n) is 1.87. The smallest absolute Gasteiger partial charge is 0.255 e. The van der Waals surface area contributed by atoms with Gasteiger partial charge < -0.3 is 10.2 Å². The number of nitrogens with one attached hydrogen (secondary N) is 1. The molecule has 1 heterocycles. The molecule has 0 unspecified atom stereocenters. The molecule has 0 bridgehead atoms. The number of amides is 1. The molecule has 0 aliphatic carbocycles. The normalized spacial score (nSPS) is 10.6. The Bertz CT molecular complexity index is 435. The van der Waals surface area contributed by atoms with E-state index in [2.05, 4.69) is 17.2 Å². The van der Waals surface area contributed by atoms with Gasteiger partial charge in [0.2, 0.25) is 0 Å². The van der Waals surface area contributed by atoms with Gasteiger partial charge in [-0.15, -0.1) is 0 Å². The molecule has 1 aromatic rings. The number of anilines is 1. The Morgan fingerprint density at radius 2 is 2.16 bits per heavy atom. The predicted octanol–water partition coefficient (Wildman–Crippen LogP) is 3.43. The van der Waals surface area contributed by atoms with Crippen molar-refractivity contribution < 1.29 is 4.79 Å². The Hall–Kier alpha value is -1.29. The van der Waals surface area contributed by atoms with Crippen molar-refractivity contribution in [3.63, 3.8) is 0 Å². The summed E-state index contributed by atoms with van der Waals surface area (Å²) >= 11 is 6.10. The molecule has 0 atom stereocenters. The Balaban J connectivity index is 3.05. The molecule has 0 spiro atoms. The van der Waals surface area contributed by atoms with Crippen LogP contribution in [0.3, 0.4) is 0 Å². The van der Waals surface area contributed by atoms with Gasteiger partial charge in [0.05, 0.1) is 10.6 Å². The van der Waals surface area contributed by atoms with Crippen molar-refractivity contribution in [2.45, 2.75) is 40.2 Å². The lowest BCUT2D eigenvalue weighted by Crippen LogP contribution is -2.37. The number of carbonyl (C=O) groups is 1. The summed E-state index contributed by atoms with van der Waals surface area (Å²) in [4.78, 5) is 18.5. The largest absolute Gasteiger partial charge is 0.370 e. The summed E-state index contributed by atoms with van der Waals surface area (Å²) in [5.74, 6) is 0.638. The average Bonchev–Trinajstić information content (AvgIpc) is 2.37. The van der Waals surface area contributed by atoms with E-state index >= 15 is 0 Å². The van der Waals surface area contributed by atoms with Crippen molar-refractivity contribution in [2.75, 3.05) is 18.4 Å². The minimum Gasteiger partial charge on any atom is -0.370 e. The monoisotopic (exact) mass is 283 g/mol. The van der Waals surface area contributed by atoms with E-state index in [9.17, 15) is 4.79 Å². The maximum atomic E-state index is 12.5. The second-order valence-electron chi connectivity index (χ2n) is 4.67. The van der Waals surface area contributed by atoms with Gasteiger partial charge in [-0.05, 0) is 33.3 Å². The lowest BCUT2D eigenvalue weighted by atomic mass is 10.2. The number of rotatable bonds is 6. The highest BCUT2D eigenvalue weighted by molar-refractivity contribution is 6.33. The number of aromatic nitrogens is 1. The molecule has 1 amide bonds. The van der Waals surface area contributed by atoms with Crippen LogP contribution in [0.4, 0.5) is 5.82 Å². The van der Waals surface area contributed by atoms with Crippen LogP contribution in [0.25, 0.3) is 0 Å². The van der Waals surface area contributed by atoms with Crippen molar-refractivity contribution in [2.24, 2.45) is 0 Å². The predicted molar refractivity (Wildman–Crippen MR) is 79.9 cm³/mol. The Labute approximate surface area is 120 Å². The van der Waals surface area contributed by atoms with Crippen LogP contribution in [0.15, 0.2) is 12.3 Å². The van der Waals surface area contributed by atoms with E-state index in [0.29, 0.717) is 16.4 Å². The summed E-state index contributed by atoms with van der Waals surface area (Å²) < 4.78 is 0. The molecule has 1 N–H and O–H groups in total. The summed E-state index contributed by atoms with van der Waals surface area (Å²) in [6.07, 6.45) is 2.45. The van der Waals surface area contributed by atoms with Crippen LogP contribution in [-0.2, 0) is 0 Å². The molecule has 106 valence electrons. The van der Waals surface area contributed by atoms with Crippen LogP contribution in [-0.4, -0.2) is 34.9 Å². The van der Waals surface area contributed by atoms with E-state index in [1.165, 1.54) is 6.20 Å². The minimum atomic E-state index is -0.0385. The number of hydrogen-bond donors (Lipinski definition) is 1. The summed E-state index contributed by atoms with van der Waals surface area (Å²) in [6, 6.07) is 1.87. The topological polar surface area (TPSA) is 45.2 Å². The average molecular weight is 284 g/mol. The van der Waals surface area contributed by atoms with Gasteiger partial charge in [-0.1, -0.05) is 18.5 Å². The van der Waals surface area contributed by atoms with E-state index in [0.717, 1.165) is 19.5 Å². The van der Waals surface area contributed by atoms with E-state index in [1.54, 1.807) is 6.07 Å². The lowest BCUT2D eigenvalue weighted by molar-refractivity contribution is 0.0706. The number of pyridine rings is 1. The fourth-order valence-corrected chi connectivity index (χ4v) is 2.05. The van der Waals surface area contributed by atoms with Crippen LogP contribution in [0, 0.1) is 0 Å². The summed E-state index contributed by atoms with van der Waals surface area (Å²) in [7, 11) is 0. The maximum Gasteiger partial charge on any atom is 0.255 e. The molecule has 1 rings (SSSR count). The van der Waals surface area contributed by atoms with Gasteiger partial charge in [0.1, 0.15) is 5.82 Å². The van der Waals surface area contributed by atoms with E-state index in [4.69, 9.17) is 11.6 Å². The molecule has 0 aliphatic rings. The van der Waals surface area contributed by atoms with Gasteiger partial charge in [0.15, 0.2) is 0 Å². The highest BCUT2D eigenvalue weighted by Crippen LogP contribution is 2.21. The quantitative estimate of drug-likeness (QED) is 0.870. The van der Waals surface area contributed by atoms with Gasteiger partial charge >= 0.3 is 0 Å². The molecule has 0 saturated heterocycles. The SMILES string of the molecule is CCCN(C(=O)c1cc(NCC)ncc1Cl)C(C)C. The number of hydrogen-bond acceptors (Lipinski definition) is 3. The first-order chi connectivity index (χ1) is 9.01. The van der Waals surface area contributed by atoms with Gasteiger partial charge in [-0.25, -0.2) is 4.98 Å². The summed E-state index contributed by atoms with van der Waals surface area (Å²) in [6.45, 7) is 9.54. The highest BCUT2D eigenvalue weighted by Gasteiger charge is 2.20. The first-order valence-electron chi connectivity index (χ1n) is 6.71. The third kappa shape index (κ3) is 4.10.